The maximum atomic E-state index is 13.6. The van der Waals surface area contributed by atoms with Crippen LogP contribution in [-0.2, 0) is 9.59 Å². The van der Waals surface area contributed by atoms with Gasteiger partial charge in [0.1, 0.15) is 11.6 Å². The third kappa shape index (κ3) is 11.8. The Morgan fingerprint density at radius 3 is 1.66 bits per heavy atom. The predicted molar refractivity (Wildman–Crippen MR) is 241 cm³/mol. The van der Waals surface area contributed by atoms with Crippen LogP contribution in [0.4, 0.5) is 11.6 Å². The molecule has 6 aromatic rings. The van der Waals surface area contributed by atoms with Crippen molar-refractivity contribution >= 4 is 46.2 Å². The lowest BCUT2D eigenvalue weighted by Crippen LogP contribution is -2.54. The normalized spacial score (nSPS) is 17.7. The summed E-state index contributed by atoms with van der Waals surface area (Å²) < 4.78 is 0. The first-order chi connectivity index (χ1) is 31.4. The zero-order valence-electron chi connectivity index (χ0n) is 36.3. The number of hydrogen-bond acceptors (Lipinski definition) is 13. The van der Waals surface area contributed by atoms with Crippen LogP contribution in [0.25, 0.3) is 11.4 Å². The van der Waals surface area contributed by atoms with Gasteiger partial charge in [0, 0.05) is 57.5 Å². The number of anilines is 2. The van der Waals surface area contributed by atoms with E-state index in [0.29, 0.717) is 58.4 Å². The third-order valence-electron chi connectivity index (χ3n) is 10.9. The topological polar surface area (TPSA) is 225 Å². The van der Waals surface area contributed by atoms with Crippen molar-refractivity contribution in [2.45, 2.75) is 77.5 Å². The van der Waals surface area contributed by atoms with Crippen LogP contribution in [0.5, 0.6) is 0 Å². The van der Waals surface area contributed by atoms with Crippen LogP contribution >= 0.6 is 11.6 Å². The Morgan fingerprint density at radius 1 is 0.662 bits per heavy atom. The van der Waals surface area contributed by atoms with Crippen molar-refractivity contribution in [1.82, 2.24) is 49.8 Å². The number of benzene rings is 2. The number of nitrogens with zero attached hydrogens (tertiary/aromatic N) is 13. The number of piperidine rings is 2. The zero-order chi connectivity index (χ0) is 46.5. The van der Waals surface area contributed by atoms with E-state index in [-0.39, 0.29) is 47.1 Å². The number of halogens is 1. The highest BCUT2D eigenvalue weighted by Crippen LogP contribution is 2.28. The van der Waals surface area contributed by atoms with Gasteiger partial charge in [-0.25, -0.2) is 9.97 Å². The number of nitriles is 2. The number of hydrogen-bond donors (Lipinski definition) is 1. The summed E-state index contributed by atoms with van der Waals surface area (Å²) in [6.07, 6.45) is 12.7. The molecular formula is C46H47ClN14O4. The fourth-order valence-electron chi connectivity index (χ4n) is 7.75. The molecule has 3 amide bonds. The summed E-state index contributed by atoms with van der Waals surface area (Å²) in [5.41, 5.74) is 3.31. The second-order valence-corrected chi connectivity index (χ2v) is 15.9. The van der Waals surface area contributed by atoms with Crippen molar-refractivity contribution < 1.29 is 19.2 Å². The molecule has 1 N–H and O–H groups in total. The molecule has 0 radical (unpaired) electrons. The van der Waals surface area contributed by atoms with Gasteiger partial charge in [0.25, 0.3) is 11.8 Å². The minimum atomic E-state index is -0.361. The number of aromatic nitrogens is 8. The molecule has 332 valence electrons. The largest absolute Gasteiger partial charge is 0.366 e. The summed E-state index contributed by atoms with van der Waals surface area (Å²) in [4.78, 5) is 65.5. The van der Waals surface area contributed by atoms with Gasteiger partial charge in [0.15, 0.2) is 0 Å². The van der Waals surface area contributed by atoms with E-state index >= 15 is 0 Å². The number of nitrogens with one attached hydrogen (secondary N) is 1. The summed E-state index contributed by atoms with van der Waals surface area (Å²) in [6, 6.07) is 25.3. The summed E-state index contributed by atoms with van der Waals surface area (Å²) in [7, 11) is 0. The Labute approximate surface area is 381 Å². The van der Waals surface area contributed by atoms with E-state index in [1.807, 2.05) is 48.2 Å². The van der Waals surface area contributed by atoms with E-state index in [0.717, 1.165) is 25.7 Å². The Kier molecular flexibility index (Phi) is 15.8. The maximum absolute atomic E-state index is 13.6. The number of likely N-dealkylation sites (tertiary alicyclic amines) is 2. The first kappa shape index (κ1) is 46.7. The van der Waals surface area contributed by atoms with E-state index in [4.69, 9.17) is 5.26 Å². The van der Waals surface area contributed by atoms with Gasteiger partial charge in [-0.05, 0) is 99.7 Å². The van der Waals surface area contributed by atoms with Crippen LogP contribution in [0.2, 0.25) is 0 Å². The van der Waals surface area contributed by atoms with Gasteiger partial charge >= 0.3 is 0 Å². The Hall–Kier alpha value is -7.83. The highest BCUT2D eigenvalue weighted by Gasteiger charge is 2.36. The molecule has 0 spiro atoms. The number of amides is 3. The van der Waals surface area contributed by atoms with Gasteiger partial charge in [-0.15, -0.1) is 0 Å². The van der Waals surface area contributed by atoms with Gasteiger partial charge in [-0.1, -0.05) is 24.3 Å². The maximum Gasteiger partial charge on any atom is 0.256 e. The molecule has 0 saturated carbocycles. The smallest absolute Gasteiger partial charge is 0.256 e. The minimum absolute atomic E-state index is 0.00426. The van der Waals surface area contributed by atoms with Crippen LogP contribution in [0.1, 0.15) is 85.2 Å². The Morgan fingerprint density at radius 2 is 1.14 bits per heavy atom. The SMILES string of the molecule is CC(=O)Cl.CC(=O)N(c1cc(C#N)ccn1)[C@@H]1CC[C@@H](C)N(C(=O)c2ccccc2-n2nccn2)C1.C[C@@H]1CC[C@@H](Nc2cc(C#N)ccn2)CN1C(=O)c1ccccc1-n1nccn1. The molecule has 2 saturated heterocycles. The van der Waals surface area contributed by atoms with E-state index in [1.54, 1.807) is 77.2 Å². The first-order valence-electron chi connectivity index (χ1n) is 20.9. The van der Waals surface area contributed by atoms with Crippen molar-refractivity contribution in [3.05, 3.63) is 132 Å². The minimum Gasteiger partial charge on any atom is -0.366 e. The highest BCUT2D eigenvalue weighted by molar-refractivity contribution is 6.62. The lowest BCUT2D eigenvalue weighted by atomic mass is 9.96. The fourth-order valence-corrected chi connectivity index (χ4v) is 7.75. The monoisotopic (exact) mass is 894 g/mol. The van der Waals surface area contributed by atoms with Crippen LogP contribution in [0.15, 0.2) is 110 Å². The van der Waals surface area contributed by atoms with Crippen molar-refractivity contribution in [2.24, 2.45) is 0 Å². The molecule has 4 atom stereocenters. The van der Waals surface area contributed by atoms with Crippen molar-refractivity contribution in [3.63, 3.8) is 0 Å². The molecule has 8 rings (SSSR count). The van der Waals surface area contributed by atoms with E-state index in [9.17, 15) is 24.4 Å². The van der Waals surface area contributed by atoms with Gasteiger partial charge in [-0.2, -0.15) is 40.5 Å². The highest BCUT2D eigenvalue weighted by atomic mass is 35.5. The average Bonchev–Trinajstić information content (AvgIpc) is 4.07. The first-order valence-corrected chi connectivity index (χ1v) is 21.2. The Bertz CT molecular complexity index is 2680. The zero-order valence-corrected chi connectivity index (χ0v) is 37.0. The summed E-state index contributed by atoms with van der Waals surface area (Å²) >= 11 is 4.64. The number of para-hydroxylation sites is 2. The molecule has 0 bridgehead atoms. The fraction of sp³-hybridized carbons (Fsp3) is 0.304. The summed E-state index contributed by atoms with van der Waals surface area (Å²) in [6.45, 7) is 7.76. The van der Waals surface area contributed by atoms with Crippen LogP contribution in [0, 0.1) is 22.7 Å². The third-order valence-corrected chi connectivity index (χ3v) is 10.9. The van der Waals surface area contributed by atoms with Crippen LogP contribution < -0.4 is 10.2 Å². The Balaban J connectivity index is 0.000000200. The second kappa shape index (κ2) is 22.0. The summed E-state index contributed by atoms with van der Waals surface area (Å²) in [5.74, 6) is 0.704. The van der Waals surface area contributed by atoms with Gasteiger partial charge in [-0.3, -0.25) is 24.1 Å². The molecule has 6 heterocycles. The van der Waals surface area contributed by atoms with Gasteiger partial charge in [0.05, 0.1) is 76.6 Å². The molecule has 19 heteroatoms. The molecule has 4 aromatic heterocycles. The molecular weight excluding hydrogens is 848 g/mol. The van der Waals surface area contributed by atoms with Gasteiger partial charge < -0.3 is 15.1 Å². The molecule has 2 fully saturated rings. The van der Waals surface area contributed by atoms with Crippen molar-refractivity contribution in [3.8, 4) is 23.5 Å². The lowest BCUT2D eigenvalue weighted by molar-refractivity contribution is -0.117. The molecule has 0 unspecified atom stereocenters. The molecule has 65 heavy (non-hydrogen) atoms. The lowest BCUT2D eigenvalue weighted by Gasteiger charge is -2.42. The predicted octanol–water partition coefficient (Wildman–Crippen LogP) is 5.99. The van der Waals surface area contributed by atoms with E-state index < -0.39 is 0 Å². The number of carbonyl (C=O) groups excluding carboxylic acids is 4. The molecule has 18 nitrogen and oxygen atoms in total. The average molecular weight is 895 g/mol. The molecule has 2 aliphatic rings. The number of pyridine rings is 2. The summed E-state index contributed by atoms with van der Waals surface area (Å²) in [5, 5.41) is 38.0. The molecule has 2 aliphatic heterocycles. The quantitative estimate of drug-likeness (QED) is 0.174. The van der Waals surface area contributed by atoms with Crippen LogP contribution in [0.3, 0.4) is 0 Å². The molecule has 0 aliphatic carbocycles. The number of carbonyl (C=O) groups is 4. The second-order valence-electron chi connectivity index (χ2n) is 15.3. The van der Waals surface area contributed by atoms with Crippen molar-refractivity contribution in [2.75, 3.05) is 23.3 Å². The van der Waals surface area contributed by atoms with E-state index in [1.165, 1.54) is 29.6 Å². The van der Waals surface area contributed by atoms with Crippen molar-refractivity contribution in [1.29, 1.82) is 10.5 Å². The van der Waals surface area contributed by atoms with E-state index in [2.05, 4.69) is 66.3 Å². The van der Waals surface area contributed by atoms with Crippen LogP contribution in [-0.4, -0.2) is 110 Å². The standard InChI is InChI=1S/C23H23N7O2.C21H21N7O.C2H3ClO/c1-16-7-8-19(29(17(2)31)22-13-18(14-24)9-10-25-22)15-28(16)23(32)20-5-3-4-6-21(20)30-26-11-12-27-30;1-15-6-7-17(26-20-12-16(13-22)8-9-23-20)14-27(15)21(29)18-4-2-3-5-19(18)28-24-10-11-25-28;1-2(3)4/h3-6,9-13,16,19H,7-8,15H2,1-2H3;2-5,8-12,15,17H,6-7,14H2,1H3,(H,23,26);1H3/t16-,19-;15-,17-;/m11./s1. The van der Waals surface area contributed by atoms with Gasteiger partial charge in [0.2, 0.25) is 11.1 Å². The number of rotatable bonds is 8. The molecule has 2 aromatic carbocycles.